The van der Waals surface area contributed by atoms with Crippen LogP contribution in [0.5, 0.6) is 0 Å². The summed E-state index contributed by atoms with van der Waals surface area (Å²) < 4.78 is 28.4. The number of amides is 2. The number of hydrogen-bond acceptors (Lipinski definition) is 4. The fourth-order valence-electron chi connectivity index (χ4n) is 3.92. The molecule has 0 heterocycles. The number of hydrogen-bond donors (Lipinski definition) is 1. The van der Waals surface area contributed by atoms with E-state index in [1.165, 1.54) is 17.0 Å². The Morgan fingerprint density at radius 1 is 0.917 bits per heavy atom. The van der Waals surface area contributed by atoms with Gasteiger partial charge in [-0.3, -0.25) is 13.9 Å². The molecule has 0 aliphatic rings. The van der Waals surface area contributed by atoms with Crippen LogP contribution in [0, 0.1) is 6.92 Å². The SMILES string of the molecule is CCNC(=O)C(C)N(CCc1ccccc1)C(=O)CN(c1cccc(C)c1)S(=O)(=O)c1ccccc1. The van der Waals surface area contributed by atoms with Crippen molar-refractivity contribution in [2.45, 2.75) is 38.1 Å². The van der Waals surface area contributed by atoms with Crippen LogP contribution >= 0.6 is 0 Å². The summed E-state index contributed by atoms with van der Waals surface area (Å²) in [5.41, 5.74) is 2.27. The van der Waals surface area contributed by atoms with E-state index in [0.717, 1.165) is 15.4 Å². The molecular weight excluding hydrogens is 474 g/mol. The highest BCUT2D eigenvalue weighted by Crippen LogP contribution is 2.25. The van der Waals surface area contributed by atoms with Crippen molar-refractivity contribution in [3.63, 3.8) is 0 Å². The van der Waals surface area contributed by atoms with Gasteiger partial charge in [0.15, 0.2) is 0 Å². The topological polar surface area (TPSA) is 86.8 Å². The molecule has 0 aliphatic carbocycles. The minimum absolute atomic E-state index is 0.0897. The average molecular weight is 508 g/mol. The molecule has 1 unspecified atom stereocenters. The Morgan fingerprint density at radius 3 is 2.17 bits per heavy atom. The first-order chi connectivity index (χ1) is 17.2. The van der Waals surface area contributed by atoms with Crippen molar-refractivity contribution < 1.29 is 18.0 Å². The standard InChI is InChI=1S/C28H33N3O4S/c1-4-29-28(33)23(3)30(19-18-24-13-7-5-8-14-24)27(32)21-31(25-15-11-12-22(2)20-25)36(34,35)26-16-9-6-10-17-26/h5-17,20,23H,4,18-19,21H2,1-3H3,(H,29,33). The van der Waals surface area contributed by atoms with E-state index in [9.17, 15) is 18.0 Å². The number of likely N-dealkylation sites (N-methyl/N-ethyl adjacent to an activating group) is 1. The summed E-state index contributed by atoms with van der Waals surface area (Å²) in [6.45, 7) is 5.61. The van der Waals surface area contributed by atoms with Crippen LogP contribution in [0.25, 0.3) is 0 Å². The molecule has 2 amide bonds. The summed E-state index contributed by atoms with van der Waals surface area (Å²) in [5.74, 6) is -0.738. The Kier molecular flexibility index (Phi) is 9.25. The number of anilines is 1. The third kappa shape index (κ3) is 6.73. The number of rotatable bonds is 11. The van der Waals surface area contributed by atoms with Crippen LogP contribution in [0.4, 0.5) is 5.69 Å². The molecule has 7 nitrogen and oxygen atoms in total. The highest BCUT2D eigenvalue weighted by atomic mass is 32.2. The number of carbonyl (C=O) groups is 2. The maximum Gasteiger partial charge on any atom is 0.264 e. The molecule has 0 bridgehead atoms. The van der Waals surface area contributed by atoms with Gasteiger partial charge in [0.25, 0.3) is 10.0 Å². The van der Waals surface area contributed by atoms with Crippen LogP contribution in [0.1, 0.15) is 25.0 Å². The second kappa shape index (κ2) is 12.4. The molecule has 0 radical (unpaired) electrons. The fourth-order valence-corrected chi connectivity index (χ4v) is 5.35. The van der Waals surface area contributed by atoms with E-state index in [4.69, 9.17) is 0 Å². The van der Waals surface area contributed by atoms with Crippen molar-refractivity contribution in [3.8, 4) is 0 Å². The van der Waals surface area contributed by atoms with Gasteiger partial charge < -0.3 is 10.2 Å². The largest absolute Gasteiger partial charge is 0.355 e. The fraction of sp³-hybridized carbons (Fsp3) is 0.286. The lowest BCUT2D eigenvalue weighted by Gasteiger charge is -2.32. The van der Waals surface area contributed by atoms with Gasteiger partial charge >= 0.3 is 0 Å². The Balaban J connectivity index is 1.96. The minimum Gasteiger partial charge on any atom is -0.355 e. The second-order valence-electron chi connectivity index (χ2n) is 8.56. The van der Waals surface area contributed by atoms with Crippen LogP contribution in [0.2, 0.25) is 0 Å². The molecular formula is C28H33N3O4S. The highest BCUT2D eigenvalue weighted by molar-refractivity contribution is 7.92. The molecule has 1 atom stereocenters. The third-order valence-corrected chi connectivity index (χ3v) is 7.69. The average Bonchev–Trinajstić information content (AvgIpc) is 2.88. The molecule has 36 heavy (non-hydrogen) atoms. The van der Waals surface area contributed by atoms with Gasteiger partial charge in [-0.1, -0.05) is 60.7 Å². The van der Waals surface area contributed by atoms with Crippen LogP contribution in [-0.4, -0.2) is 50.8 Å². The molecule has 0 aliphatic heterocycles. The number of nitrogens with zero attached hydrogens (tertiary/aromatic N) is 2. The van der Waals surface area contributed by atoms with Crippen LogP contribution < -0.4 is 9.62 Å². The first-order valence-electron chi connectivity index (χ1n) is 12.0. The van der Waals surface area contributed by atoms with Crippen molar-refractivity contribution in [3.05, 3.63) is 96.1 Å². The lowest BCUT2D eigenvalue weighted by Crippen LogP contribution is -2.52. The maximum absolute atomic E-state index is 13.7. The van der Waals surface area contributed by atoms with E-state index in [-0.39, 0.29) is 17.3 Å². The number of nitrogens with one attached hydrogen (secondary N) is 1. The Labute approximate surface area is 213 Å². The van der Waals surface area contributed by atoms with E-state index in [0.29, 0.717) is 18.7 Å². The van der Waals surface area contributed by atoms with Gasteiger partial charge in [-0.25, -0.2) is 8.42 Å². The molecule has 3 aromatic carbocycles. The molecule has 190 valence electrons. The lowest BCUT2D eigenvalue weighted by molar-refractivity contribution is -0.138. The monoisotopic (exact) mass is 507 g/mol. The van der Waals surface area contributed by atoms with Crippen LogP contribution in [-0.2, 0) is 26.0 Å². The zero-order chi connectivity index (χ0) is 26.1. The molecule has 0 aromatic heterocycles. The zero-order valence-electron chi connectivity index (χ0n) is 20.9. The Bertz CT molecular complexity index is 1260. The summed E-state index contributed by atoms with van der Waals surface area (Å²) in [5, 5.41) is 2.76. The van der Waals surface area contributed by atoms with E-state index in [2.05, 4.69) is 5.32 Å². The van der Waals surface area contributed by atoms with Gasteiger partial charge in [0.1, 0.15) is 12.6 Å². The predicted molar refractivity (Wildman–Crippen MR) is 142 cm³/mol. The summed E-state index contributed by atoms with van der Waals surface area (Å²) in [6.07, 6.45) is 0.534. The third-order valence-electron chi connectivity index (χ3n) is 5.90. The van der Waals surface area contributed by atoms with Crippen molar-refractivity contribution in [1.82, 2.24) is 10.2 Å². The Morgan fingerprint density at radius 2 is 1.56 bits per heavy atom. The van der Waals surface area contributed by atoms with Crippen LogP contribution in [0.15, 0.2) is 89.8 Å². The summed E-state index contributed by atoms with van der Waals surface area (Å²) in [7, 11) is -4.04. The first kappa shape index (κ1) is 26.9. The summed E-state index contributed by atoms with van der Waals surface area (Å²) in [6, 6.07) is 24.0. The molecule has 8 heteroatoms. The zero-order valence-corrected chi connectivity index (χ0v) is 21.7. The summed E-state index contributed by atoms with van der Waals surface area (Å²) >= 11 is 0. The van der Waals surface area contributed by atoms with Crippen molar-refractivity contribution in [2.75, 3.05) is 23.9 Å². The minimum atomic E-state index is -4.04. The van der Waals surface area contributed by atoms with Gasteiger partial charge in [-0.15, -0.1) is 0 Å². The normalized spacial score (nSPS) is 12.0. The molecule has 0 fully saturated rings. The molecule has 0 saturated carbocycles. The van der Waals surface area contributed by atoms with Gasteiger partial charge in [-0.05, 0) is 62.6 Å². The van der Waals surface area contributed by atoms with Crippen molar-refractivity contribution >= 4 is 27.5 Å². The van der Waals surface area contributed by atoms with Crippen molar-refractivity contribution in [1.29, 1.82) is 0 Å². The number of benzene rings is 3. The number of carbonyl (C=O) groups excluding carboxylic acids is 2. The predicted octanol–water partition coefficient (Wildman–Crippen LogP) is 3.79. The highest BCUT2D eigenvalue weighted by Gasteiger charge is 2.32. The van der Waals surface area contributed by atoms with E-state index in [1.807, 2.05) is 50.2 Å². The van der Waals surface area contributed by atoms with Gasteiger partial charge in [-0.2, -0.15) is 0 Å². The molecule has 3 aromatic rings. The number of aryl methyl sites for hydroxylation is 1. The lowest BCUT2D eigenvalue weighted by atomic mass is 10.1. The van der Waals surface area contributed by atoms with Gasteiger partial charge in [0.05, 0.1) is 10.6 Å². The van der Waals surface area contributed by atoms with Gasteiger partial charge in [0, 0.05) is 13.1 Å². The second-order valence-corrected chi connectivity index (χ2v) is 10.4. The molecule has 3 rings (SSSR count). The Hall–Kier alpha value is -3.65. The summed E-state index contributed by atoms with van der Waals surface area (Å²) in [4.78, 5) is 27.9. The molecule has 0 saturated heterocycles. The quantitative estimate of drug-likeness (QED) is 0.428. The van der Waals surface area contributed by atoms with Gasteiger partial charge in [0.2, 0.25) is 11.8 Å². The van der Waals surface area contributed by atoms with E-state index >= 15 is 0 Å². The smallest absolute Gasteiger partial charge is 0.264 e. The maximum atomic E-state index is 13.7. The van der Waals surface area contributed by atoms with Crippen molar-refractivity contribution in [2.24, 2.45) is 0 Å². The molecule has 1 N–H and O–H groups in total. The molecule has 0 spiro atoms. The first-order valence-corrected chi connectivity index (χ1v) is 13.4. The van der Waals surface area contributed by atoms with Crippen LogP contribution in [0.3, 0.4) is 0 Å². The van der Waals surface area contributed by atoms with E-state index < -0.39 is 28.5 Å². The number of sulfonamides is 1. The van der Waals surface area contributed by atoms with E-state index in [1.54, 1.807) is 43.3 Å².